The number of amides is 1. The molecule has 0 radical (unpaired) electrons. The summed E-state index contributed by atoms with van der Waals surface area (Å²) in [6.45, 7) is 4.06. The molecule has 4 aromatic rings. The summed E-state index contributed by atoms with van der Waals surface area (Å²) in [5.74, 6) is 0.514. The van der Waals surface area contributed by atoms with Gasteiger partial charge in [-0.15, -0.1) is 0 Å². The van der Waals surface area contributed by atoms with Gasteiger partial charge in [0, 0.05) is 35.5 Å². The van der Waals surface area contributed by atoms with Gasteiger partial charge in [-0.25, -0.2) is 19.3 Å². The van der Waals surface area contributed by atoms with Crippen LogP contribution in [0.4, 0.5) is 16.2 Å². The lowest BCUT2D eigenvalue weighted by molar-refractivity contribution is -0.117. The lowest BCUT2D eigenvalue weighted by Crippen LogP contribution is -2.41. The second-order valence-electron chi connectivity index (χ2n) is 7.54. The zero-order valence-electron chi connectivity index (χ0n) is 16.7. The van der Waals surface area contributed by atoms with Crippen LogP contribution in [-0.4, -0.2) is 46.5 Å². The molecule has 0 unspecified atom stereocenters. The van der Waals surface area contributed by atoms with E-state index in [1.807, 2.05) is 13.8 Å². The van der Waals surface area contributed by atoms with Gasteiger partial charge in [0.05, 0.1) is 12.4 Å². The Morgan fingerprint density at radius 1 is 1.19 bits per heavy atom. The molecule has 0 saturated heterocycles. The van der Waals surface area contributed by atoms with Crippen LogP contribution < -0.4 is 10.6 Å². The molecule has 1 aliphatic rings. The smallest absolute Gasteiger partial charge is 0.248 e. The number of hydrogen-bond acceptors (Lipinski definition) is 8. The maximum atomic E-state index is 13.8. The van der Waals surface area contributed by atoms with Crippen molar-refractivity contribution < 1.29 is 9.18 Å². The number of rotatable bonds is 4. The van der Waals surface area contributed by atoms with Crippen LogP contribution in [0.25, 0.3) is 17.0 Å². The van der Waals surface area contributed by atoms with Crippen LogP contribution in [0.5, 0.6) is 0 Å². The number of carbonyl (C=O) groups excluding carboxylic acids is 1. The summed E-state index contributed by atoms with van der Waals surface area (Å²) in [7, 11) is 0. The van der Waals surface area contributed by atoms with Gasteiger partial charge < -0.3 is 10.6 Å². The van der Waals surface area contributed by atoms with Crippen molar-refractivity contribution >= 4 is 23.3 Å². The van der Waals surface area contributed by atoms with Crippen molar-refractivity contribution in [2.24, 2.45) is 0 Å². The fraction of sp³-hybridized carbons (Fsp3) is 0.250. The van der Waals surface area contributed by atoms with E-state index in [9.17, 15) is 9.18 Å². The highest BCUT2D eigenvalue weighted by Crippen LogP contribution is 2.26. The SMILES string of the molecule is CC(C)c1cnn2c(N[C@H]3Cc4cncnc4NC3=O)nc(-c3cncc(F)c3)nc12. The Balaban J connectivity index is 1.60. The summed E-state index contributed by atoms with van der Waals surface area (Å²) in [4.78, 5) is 33.8. The van der Waals surface area contributed by atoms with E-state index in [1.165, 1.54) is 18.6 Å². The van der Waals surface area contributed by atoms with E-state index in [0.29, 0.717) is 29.4 Å². The van der Waals surface area contributed by atoms with Gasteiger partial charge >= 0.3 is 0 Å². The first kappa shape index (κ1) is 19.0. The molecule has 11 heteroatoms. The number of nitrogens with one attached hydrogen (secondary N) is 2. The number of carbonyl (C=O) groups is 1. The number of fused-ring (bicyclic) bond motifs is 2. The number of anilines is 2. The maximum absolute atomic E-state index is 13.8. The minimum absolute atomic E-state index is 0.153. The third-order valence-corrected chi connectivity index (χ3v) is 5.05. The lowest BCUT2D eigenvalue weighted by Gasteiger charge is -2.24. The van der Waals surface area contributed by atoms with Gasteiger partial charge in [0.15, 0.2) is 11.5 Å². The Hall–Kier alpha value is -4.02. The average Bonchev–Trinajstić information content (AvgIpc) is 3.19. The largest absolute Gasteiger partial charge is 0.342 e. The molecular formula is C20H18FN9O. The highest BCUT2D eigenvalue weighted by molar-refractivity contribution is 5.98. The number of hydrogen-bond donors (Lipinski definition) is 2. The molecule has 31 heavy (non-hydrogen) atoms. The average molecular weight is 419 g/mol. The van der Waals surface area contributed by atoms with Crippen molar-refractivity contribution in [3.05, 3.63) is 54.1 Å². The normalized spacial score (nSPS) is 15.7. The summed E-state index contributed by atoms with van der Waals surface area (Å²) in [5, 5.41) is 10.3. The maximum Gasteiger partial charge on any atom is 0.248 e. The fourth-order valence-electron chi connectivity index (χ4n) is 3.47. The van der Waals surface area contributed by atoms with Gasteiger partial charge in [-0.2, -0.15) is 14.6 Å². The van der Waals surface area contributed by atoms with E-state index in [-0.39, 0.29) is 17.6 Å². The fourth-order valence-corrected chi connectivity index (χ4v) is 3.47. The zero-order valence-corrected chi connectivity index (χ0v) is 16.7. The Kier molecular flexibility index (Phi) is 4.50. The minimum atomic E-state index is -0.623. The van der Waals surface area contributed by atoms with E-state index in [4.69, 9.17) is 0 Å². The quantitative estimate of drug-likeness (QED) is 0.516. The Morgan fingerprint density at radius 2 is 2.06 bits per heavy atom. The van der Waals surface area contributed by atoms with Crippen LogP contribution in [0.1, 0.15) is 30.9 Å². The monoisotopic (exact) mass is 419 g/mol. The van der Waals surface area contributed by atoms with Gasteiger partial charge in [-0.3, -0.25) is 9.78 Å². The van der Waals surface area contributed by atoms with E-state index in [1.54, 1.807) is 16.9 Å². The van der Waals surface area contributed by atoms with Crippen molar-refractivity contribution in [1.82, 2.24) is 34.5 Å². The Labute approximate surface area is 176 Å². The molecule has 0 saturated carbocycles. The molecule has 0 bridgehead atoms. The van der Waals surface area contributed by atoms with Gasteiger partial charge in [0.25, 0.3) is 0 Å². The summed E-state index contributed by atoms with van der Waals surface area (Å²) in [5.41, 5.74) is 2.71. The van der Waals surface area contributed by atoms with E-state index < -0.39 is 11.9 Å². The number of pyridine rings is 1. The summed E-state index contributed by atoms with van der Waals surface area (Å²) in [6.07, 6.45) is 7.76. The predicted molar refractivity (Wildman–Crippen MR) is 110 cm³/mol. The van der Waals surface area contributed by atoms with Crippen LogP contribution in [0, 0.1) is 5.82 Å². The van der Waals surface area contributed by atoms with Gasteiger partial charge in [-0.1, -0.05) is 13.8 Å². The molecular weight excluding hydrogens is 401 g/mol. The molecule has 0 aliphatic carbocycles. The lowest BCUT2D eigenvalue weighted by atomic mass is 10.0. The molecule has 1 atom stereocenters. The standard InChI is InChI=1S/C20H18FN9O/c1-10(2)14-8-25-30-18(14)27-17(11-3-13(21)7-22-5-11)29-20(30)26-15-4-12-6-23-9-24-16(12)28-19(15)31/h3,5-10,15H,4H2,1-2H3,(H,26,27,29)(H,23,24,28,31)/t15-/m0/s1. The molecule has 5 heterocycles. The van der Waals surface area contributed by atoms with Crippen molar-refractivity contribution in [3.63, 3.8) is 0 Å². The molecule has 0 aromatic carbocycles. The van der Waals surface area contributed by atoms with Crippen molar-refractivity contribution in [3.8, 4) is 11.4 Å². The Morgan fingerprint density at radius 3 is 2.87 bits per heavy atom. The third kappa shape index (κ3) is 3.43. The summed E-state index contributed by atoms with van der Waals surface area (Å²) >= 11 is 0. The molecule has 4 aromatic heterocycles. The summed E-state index contributed by atoms with van der Waals surface area (Å²) in [6, 6.07) is 0.691. The number of halogens is 1. The molecule has 0 fully saturated rings. The highest BCUT2D eigenvalue weighted by atomic mass is 19.1. The second-order valence-corrected chi connectivity index (χ2v) is 7.54. The van der Waals surface area contributed by atoms with E-state index in [0.717, 1.165) is 17.3 Å². The first-order valence-corrected chi connectivity index (χ1v) is 9.72. The van der Waals surface area contributed by atoms with Gasteiger partial charge in [-0.05, 0) is 12.0 Å². The topological polar surface area (TPSA) is 123 Å². The second kappa shape index (κ2) is 7.35. The molecule has 1 aliphatic heterocycles. The van der Waals surface area contributed by atoms with Crippen molar-refractivity contribution in [2.45, 2.75) is 32.2 Å². The van der Waals surface area contributed by atoms with Crippen LogP contribution in [-0.2, 0) is 11.2 Å². The molecule has 156 valence electrons. The van der Waals surface area contributed by atoms with Crippen LogP contribution in [0.2, 0.25) is 0 Å². The highest BCUT2D eigenvalue weighted by Gasteiger charge is 2.29. The van der Waals surface area contributed by atoms with Crippen LogP contribution in [0.3, 0.4) is 0 Å². The van der Waals surface area contributed by atoms with E-state index >= 15 is 0 Å². The zero-order chi connectivity index (χ0) is 21.5. The first-order chi connectivity index (χ1) is 15.0. The van der Waals surface area contributed by atoms with Gasteiger partial charge in [0.2, 0.25) is 11.9 Å². The molecule has 5 rings (SSSR count). The van der Waals surface area contributed by atoms with Crippen molar-refractivity contribution in [2.75, 3.05) is 10.6 Å². The molecule has 2 N–H and O–H groups in total. The third-order valence-electron chi connectivity index (χ3n) is 5.05. The van der Waals surface area contributed by atoms with Crippen molar-refractivity contribution in [1.29, 1.82) is 0 Å². The molecule has 1 amide bonds. The van der Waals surface area contributed by atoms with Crippen LogP contribution in [0.15, 0.2) is 37.2 Å². The number of aromatic nitrogens is 7. The van der Waals surface area contributed by atoms with E-state index in [2.05, 4.69) is 40.7 Å². The Bertz CT molecular complexity index is 1300. The first-order valence-electron chi connectivity index (χ1n) is 9.72. The van der Waals surface area contributed by atoms with Crippen LogP contribution >= 0.6 is 0 Å². The minimum Gasteiger partial charge on any atom is -0.342 e. The number of nitrogens with zero attached hydrogens (tertiary/aromatic N) is 7. The summed E-state index contributed by atoms with van der Waals surface area (Å²) < 4.78 is 15.3. The van der Waals surface area contributed by atoms with Gasteiger partial charge in [0.1, 0.15) is 24.0 Å². The molecule has 10 nitrogen and oxygen atoms in total. The predicted octanol–water partition coefficient (Wildman–Crippen LogP) is 2.21. The molecule has 0 spiro atoms.